The van der Waals surface area contributed by atoms with Crippen molar-refractivity contribution in [2.45, 2.75) is 72.6 Å². The number of anilines is 2. The number of amides is 1. The van der Waals surface area contributed by atoms with Gasteiger partial charge in [0.2, 0.25) is 11.8 Å². The highest BCUT2D eigenvalue weighted by Crippen LogP contribution is 2.45. The predicted octanol–water partition coefficient (Wildman–Crippen LogP) is 5.85. The van der Waals surface area contributed by atoms with Gasteiger partial charge in [-0.1, -0.05) is 20.8 Å². The number of pyridine rings is 2. The Morgan fingerprint density at radius 3 is 2.41 bits per heavy atom. The molecule has 246 valence electrons. The number of aliphatic carboxylic acids is 1. The maximum absolute atomic E-state index is 14.3. The SMILES string of the molecule is COc1cc(N2CCC(COc3cc(C(CC(=O)O)C4CC4)ccn3)CC2)c(C(=O)N(CC(C)(C)C)c2cc(C)nc(C)n2)cn1. The van der Waals surface area contributed by atoms with E-state index in [0.29, 0.717) is 54.0 Å². The maximum Gasteiger partial charge on any atom is 0.303 e. The Labute approximate surface area is 271 Å². The highest BCUT2D eigenvalue weighted by atomic mass is 16.5. The molecule has 0 bridgehead atoms. The minimum Gasteiger partial charge on any atom is -0.481 e. The molecule has 1 aliphatic carbocycles. The van der Waals surface area contributed by atoms with Gasteiger partial charge in [0.25, 0.3) is 5.91 Å². The van der Waals surface area contributed by atoms with E-state index in [0.717, 1.165) is 55.7 Å². The first-order valence-corrected chi connectivity index (χ1v) is 16.1. The van der Waals surface area contributed by atoms with Crippen LogP contribution < -0.4 is 19.3 Å². The van der Waals surface area contributed by atoms with E-state index in [1.807, 2.05) is 38.1 Å². The van der Waals surface area contributed by atoms with Gasteiger partial charge in [0, 0.05) is 55.9 Å². The smallest absolute Gasteiger partial charge is 0.303 e. The van der Waals surface area contributed by atoms with E-state index >= 15 is 0 Å². The van der Waals surface area contributed by atoms with Crippen molar-refractivity contribution in [1.29, 1.82) is 0 Å². The summed E-state index contributed by atoms with van der Waals surface area (Å²) in [5.41, 5.74) is 2.90. The standard InChI is InChI=1S/C35H46N6O5/c1-22-15-30(39-23(2)38-22)41(21-35(3,4)5)34(44)28-19-37-31(45-6)18-29(28)40-13-10-24(11-14-40)20-46-32-16-26(9-12-36-32)27(17-33(42)43)25-7-8-25/h9,12,15-16,18-19,24-25,27H,7-8,10-11,13-14,17,20-21H2,1-6H3,(H,42,43). The third kappa shape index (κ3) is 8.50. The predicted molar refractivity (Wildman–Crippen MR) is 176 cm³/mol. The van der Waals surface area contributed by atoms with E-state index in [-0.39, 0.29) is 23.7 Å². The van der Waals surface area contributed by atoms with Gasteiger partial charge >= 0.3 is 5.97 Å². The molecule has 5 rings (SSSR count). The summed E-state index contributed by atoms with van der Waals surface area (Å²) >= 11 is 0. The van der Waals surface area contributed by atoms with Crippen LogP contribution in [0, 0.1) is 31.1 Å². The number of carbonyl (C=O) groups excluding carboxylic acids is 1. The fourth-order valence-electron chi connectivity index (χ4n) is 6.20. The summed E-state index contributed by atoms with van der Waals surface area (Å²) in [4.78, 5) is 47.6. The van der Waals surface area contributed by atoms with Crippen LogP contribution in [0.4, 0.5) is 11.5 Å². The van der Waals surface area contributed by atoms with Crippen LogP contribution in [0.25, 0.3) is 0 Å². The molecule has 2 aliphatic rings. The number of carboxylic acid groups (broad SMARTS) is 1. The Morgan fingerprint density at radius 2 is 1.78 bits per heavy atom. The number of piperidine rings is 1. The molecule has 0 aromatic carbocycles. The second-order valence-corrected chi connectivity index (χ2v) is 13.8. The number of aromatic nitrogens is 4. The normalized spacial score (nSPS) is 16.2. The average molecular weight is 631 g/mol. The Morgan fingerprint density at radius 1 is 1.04 bits per heavy atom. The van der Waals surface area contributed by atoms with Gasteiger partial charge in [-0.15, -0.1) is 0 Å². The van der Waals surface area contributed by atoms with E-state index < -0.39 is 5.97 Å². The highest BCUT2D eigenvalue weighted by Gasteiger charge is 2.34. The van der Waals surface area contributed by atoms with Crippen LogP contribution in [0.3, 0.4) is 0 Å². The van der Waals surface area contributed by atoms with Crippen molar-refractivity contribution >= 4 is 23.4 Å². The highest BCUT2D eigenvalue weighted by molar-refractivity contribution is 6.09. The molecule has 3 aromatic rings. The van der Waals surface area contributed by atoms with Crippen molar-refractivity contribution in [1.82, 2.24) is 19.9 Å². The molecule has 0 radical (unpaired) electrons. The summed E-state index contributed by atoms with van der Waals surface area (Å²) < 4.78 is 11.6. The molecule has 1 N–H and O–H groups in total. The molecule has 0 spiro atoms. The van der Waals surface area contributed by atoms with Gasteiger partial charge in [-0.2, -0.15) is 0 Å². The molecular formula is C35H46N6O5. The number of hydrogen-bond donors (Lipinski definition) is 1. The van der Waals surface area contributed by atoms with Gasteiger partial charge in [0.1, 0.15) is 11.6 Å². The van der Waals surface area contributed by atoms with Gasteiger partial charge in [-0.05, 0) is 74.3 Å². The second-order valence-electron chi connectivity index (χ2n) is 13.8. The molecule has 11 heteroatoms. The zero-order valence-electron chi connectivity index (χ0n) is 27.8. The lowest BCUT2D eigenvalue weighted by Crippen LogP contribution is -2.41. The number of hydrogen-bond acceptors (Lipinski definition) is 9. The molecule has 11 nitrogen and oxygen atoms in total. The minimum absolute atomic E-state index is 0.00190. The van der Waals surface area contributed by atoms with Crippen molar-refractivity contribution in [3.05, 3.63) is 59.3 Å². The number of carboxylic acids is 1. The molecule has 46 heavy (non-hydrogen) atoms. The molecule has 1 amide bonds. The molecule has 1 aliphatic heterocycles. The van der Waals surface area contributed by atoms with Crippen LogP contribution in [-0.2, 0) is 4.79 Å². The van der Waals surface area contributed by atoms with Crippen LogP contribution in [0.5, 0.6) is 11.8 Å². The Bertz CT molecular complexity index is 1520. The van der Waals surface area contributed by atoms with Crippen molar-refractivity contribution in [2.75, 3.05) is 43.2 Å². The third-order valence-electron chi connectivity index (χ3n) is 8.60. The summed E-state index contributed by atoms with van der Waals surface area (Å²) in [6.07, 6.45) is 7.34. The van der Waals surface area contributed by atoms with Crippen molar-refractivity contribution < 1.29 is 24.2 Å². The third-order valence-corrected chi connectivity index (χ3v) is 8.60. The number of carbonyl (C=O) groups is 2. The first kappa shape index (κ1) is 33.1. The van der Waals surface area contributed by atoms with E-state index in [1.54, 1.807) is 24.4 Å². The van der Waals surface area contributed by atoms with Gasteiger partial charge in [0.05, 0.1) is 31.4 Å². The fraction of sp³-hybridized carbons (Fsp3) is 0.543. The quantitative estimate of drug-likeness (QED) is 0.260. The number of ether oxygens (including phenoxy) is 2. The molecule has 2 fully saturated rings. The van der Waals surface area contributed by atoms with E-state index in [1.165, 1.54) is 0 Å². The van der Waals surface area contributed by atoms with Crippen LogP contribution in [0.2, 0.25) is 0 Å². The van der Waals surface area contributed by atoms with Gasteiger partial charge in [-0.25, -0.2) is 19.9 Å². The molecular weight excluding hydrogens is 584 g/mol. The Hall–Kier alpha value is -4.28. The zero-order chi connectivity index (χ0) is 33.0. The maximum atomic E-state index is 14.3. The Balaban J connectivity index is 1.29. The zero-order valence-corrected chi connectivity index (χ0v) is 27.8. The summed E-state index contributed by atoms with van der Waals surface area (Å²) in [5, 5.41) is 9.40. The van der Waals surface area contributed by atoms with Crippen molar-refractivity contribution in [3.8, 4) is 11.8 Å². The molecule has 4 heterocycles. The second kappa shape index (κ2) is 14.0. The van der Waals surface area contributed by atoms with E-state index in [9.17, 15) is 14.7 Å². The van der Waals surface area contributed by atoms with Crippen LogP contribution in [0.1, 0.15) is 86.2 Å². The van der Waals surface area contributed by atoms with E-state index in [4.69, 9.17) is 9.47 Å². The number of aryl methyl sites for hydroxylation is 2. The van der Waals surface area contributed by atoms with Gasteiger partial charge < -0.3 is 19.5 Å². The summed E-state index contributed by atoms with van der Waals surface area (Å²) in [7, 11) is 1.58. The molecule has 3 aromatic heterocycles. The molecule has 1 saturated heterocycles. The van der Waals surface area contributed by atoms with Crippen molar-refractivity contribution in [2.24, 2.45) is 17.3 Å². The summed E-state index contributed by atoms with van der Waals surface area (Å²) in [6, 6.07) is 7.52. The lowest BCUT2D eigenvalue weighted by molar-refractivity contribution is -0.137. The lowest BCUT2D eigenvalue weighted by atomic mass is 9.92. The molecule has 1 unspecified atom stereocenters. The fourth-order valence-corrected chi connectivity index (χ4v) is 6.20. The number of rotatable bonds is 12. The van der Waals surface area contributed by atoms with Gasteiger partial charge in [-0.3, -0.25) is 14.5 Å². The Kier molecular flexibility index (Phi) is 10.1. The van der Waals surface area contributed by atoms with Crippen LogP contribution in [-0.4, -0.2) is 70.3 Å². The van der Waals surface area contributed by atoms with Crippen molar-refractivity contribution in [3.63, 3.8) is 0 Å². The minimum atomic E-state index is -0.777. The number of methoxy groups -OCH3 is 1. The first-order chi connectivity index (χ1) is 21.9. The molecule has 1 atom stereocenters. The van der Waals surface area contributed by atoms with Gasteiger partial charge in [0.15, 0.2) is 0 Å². The average Bonchev–Trinajstić information content (AvgIpc) is 3.86. The largest absolute Gasteiger partial charge is 0.481 e. The van der Waals surface area contributed by atoms with E-state index in [2.05, 4.69) is 45.6 Å². The van der Waals surface area contributed by atoms with Crippen LogP contribution in [0.15, 0.2) is 36.7 Å². The number of nitrogens with zero attached hydrogens (tertiary/aromatic N) is 6. The topological polar surface area (TPSA) is 131 Å². The summed E-state index contributed by atoms with van der Waals surface area (Å²) in [5.74, 6) is 1.98. The first-order valence-electron chi connectivity index (χ1n) is 16.1. The summed E-state index contributed by atoms with van der Waals surface area (Å²) in [6.45, 7) is 12.5. The lowest BCUT2D eigenvalue weighted by Gasteiger charge is -2.35. The van der Waals surface area contributed by atoms with Crippen LogP contribution >= 0.6 is 0 Å². The molecule has 1 saturated carbocycles. The monoisotopic (exact) mass is 630 g/mol.